The zero-order chi connectivity index (χ0) is 13.4. The Hall–Kier alpha value is -0.220. The zero-order valence-electron chi connectivity index (χ0n) is 12.0. The molecule has 2 unspecified atom stereocenters. The second kappa shape index (κ2) is 8.81. The van der Waals surface area contributed by atoms with Crippen LogP contribution in [0.4, 0.5) is 0 Å². The number of thioether (sulfide) groups is 1. The molecule has 0 radical (unpaired) electrons. The maximum Gasteiger partial charge on any atom is 0.237 e. The van der Waals surface area contributed by atoms with Gasteiger partial charge in [0, 0.05) is 6.04 Å². The molecule has 2 N–H and O–H groups in total. The molecule has 0 spiro atoms. The summed E-state index contributed by atoms with van der Waals surface area (Å²) in [5.41, 5.74) is 0. The molecule has 1 saturated heterocycles. The van der Waals surface area contributed by atoms with E-state index in [1.807, 2.05) is 18.7 Å². The van der Waals surface area contributed by atoms with Gasteiger partial charge < -0.3 is 10.6 Å². The minimum absolute atomic E-state index is 0.0705. The van der Waals surface area contributed by atoms with Gasteiger partial charge in [0.2, 0.25) is 5.91 Å². The van der Waals surface area contributed by atoms with E-state index in [2.05, 4.69) is 24.5 Å². The smallest absolute Gasteiger partial charge is 0.237 e. The largest absolute Gasteiger partial charge is 0.352 e. The van der Waals surface area contributed by atoms with Crippen molar-refractivity contribution in [2.75, 3.05) is 18.1 Å². The molecule has 1 aliphatic rings. The molecule has 0 aromatic carbocycles. The molecule has 1 rings (SSSR count). The number of hydrogen-bond acceptors (Lipinski definition) is 3. The van der Waals surface area contributed by atoms with Crippen LogP contribution in [0.5, 0.6) is 0 Å². The molecule has 1 amide bonds. The predicted molar refractivity (Wildman–Crippen MR) is 80.0 cm³/mol. The highest BCUT2D eigenvalue weighted by Gasteiger charge is 2.18. The topological polar surface area (TPSA) is 41.1 Å². The van der Waals surface area contributed by atoms with E-state index in [4.69, 9.17) is 0 Å². The summed E-state index contributed by atoms with van der Waals surface area (Å²) in [6.45, 7) is 7.17. The Kier molecular flexibility index (Phi) is 7.75. The van der Waals surface area contributed by atoms with Crippen molar-refractivity contribution in [1.82, 2.24) is 10.6 Å². The summed E-state index contributed by atoms with van der Waals surface area (Å²) in [4.78, 5) is 11.9. The third kappa shape index (κ3) is 6.10. The van der Waals surface area contributed by atoms with Crippen molar-refractivity contribution in [3.63, 3.8) is 0 Å². The standard InChI is InChI=1S/C14H28N2OS/c1-4-5-11(2)16-14(17)12(3)15-10-13-6-8-18-9-7-13/h11-13,15H,4-10H2,1-3H3,(H,16,17). The van der Waals surface area contributed by atoms with Gasteiger partial charge >= 0.3 is 0 Å². The van der Waals surface area contributed by atoms with Crippen LogP contribution in [0.25, 0.3) is 0 Å². The first-order valence-corrected chi connectivity index (χ1v) is 8.40. The Balaban J connectivity index is 2.18. The van der Waals surface area contributed by atoms with E-state index in [1.165, 1.54) is 24.3 Å². The van der Waals surface area contributed by atoms with Crippen LogP contribution in [0.3, 0.4) is 0 Å². The molecule has 0 bridgehead atoms. The summed E-state index contributed by atoms with van der Waals surface area (Å²) in [5.74, 6) is 3.46. The van der Waals surface area contributed by atoms with E-state index < -0.39 is 0 Å². The van der Waals surface area contributed by atoms with Gasteiger partial charge in [-0.15, -0.1) is 0 Å². The van der Waals surface area contributed by atoms with Crippen molar-refractivity contribution in [1.29, 1.82) is 0 Å². The molecule has 0 aliphatic carbocycles. The predicted octanol–water partition coefficient (Wildman–Crippen LogP) is 2.41. The van der Waals surface area contributed by atoms with Gasteiger partial charge in [-0.1, -0.05) is 13.3 Å². The van der Waals surface area contributed by atoms with Gasteiger partial charge in [-0.05, 0) is 57.1 Å². The molecule has 0 saturated carbocycles. The quantitative estimate of drug-likeness (QED) is 0.748. The number of carbonyl (C=O) groups is 1. The Labute approximate surface area is 116 Å². The number of rotatable bonds is 7. The SMILES string of the molecule is CCCC(C)NC(=O)C(C)NCC1CCSCC1. The van der Waals surface area contributed by atoms with Crippen LogP contribution in [0.15, 0.2) is 0 Å². The molecule has 1 heterocycles. The van der Waals surface area contributed by atoms with Crippen LogP contribution in [-0.2, 0) is 4.79 Å². The van der Waals surface area contributed by atoms with Crippen molar-refractivity contribution in [2.24, 2.45) is 5.92 Å². The Morgan fingerprint density at radius 3 is 2.61 bits per heavy atom. The van der Waals surface area contributed by atoms with Crippen LogP contribution >= 0.6 is 11.8 Å². The summed E-state index contributed by atoms with van der Waals surface area (Å²) in [5, 5.41) is 6.44. The van der Waals surface area contributed by atoms with Gasteiger partial charge in [-0.25, -0.2) is 0 Å². The van der Waals surface area contributed by atoms with Crippen molar-refractivity contribution < 1.29 is 4.79 Å². The van der Waals surface area contributed by atoms with Crippen LogP contribution in [0.2, 0.25) is 0 Å². The fourth-order valence-electron chi connectivity index (χ4n) is 2.26. The Morgan fingerprint density at radius 1 is 1.33 bits per heavy atom. The lowest BCUT2D eigenvalue weighted by atomic mass is 10.0. The molecule has 18 heavy (non-hydrogen) atoms. The summed E-state index contributed by atoms with van der Waals surface area (Å²) >= 11 is 2.05. The number of amides is 1. The molecule has 0 aromatic rings. The second-order valence-corrected chi connectivity index (χ2v) is 6.61. The molecule has 1 fully saturated rings. The molecule has 3 nitrogen and oxygen atoms in total. The van der Waals surface area contributed by atoms with Gasteiger partial charge in [0.25, 0.3) is 0 Å². The first kappa shape index (κ1) is 15.8. The minimum atomic E-state index is -0.0705. The van der Waals surface area contributed by atoms with Crippen molar-refractivity contribution in [3.8, 4) is 0 Å². The second-order valence-electron chi connectivity index (χ2n) is 5.38. The summed E-state index contributed by atoms with van der Waals surface area (Å²) in [6.07, 6.45) is 4.75. The van der Waals surface area contributed by atoms with Crippen molar-refractivity contribution in [2.45, 2.75) is 58.5 Å². The van der Waals surface area contributed by atoms with E-state index in [0.29, 0.717) is 0 Å². The van der Waals surface area contributed by atoms with Gasteiger partial charge in [-0.2, -0.15) is 11.8 Å². The summed E-state index contributed by atoms with van der Waals surface area (Å²) < 4.78 is 0. The number of carbonyl (C=O) groups excluding carboxylic acids is 1. The average molecular weight is 272 g/mol. The lowest BCUT2D eigenvalue weighted by Crippen LogP contribution is -2.46. The van der Waals surface area contributed by atoms with E-state index >= 15 is 0 Å². The number of hydrogen-bond donors (Lipinski definition) is 2. The normalized spacial score (nSPS) is 20.4. The highest BCUT2D eigenvalue weighted by molar-refractivity contribution is 7.99. The average Bonchev–Trinajstić information content (AvgIpc) is 2.37. The first-order valence-electron chi connectivity index (χ1n) is 7.25. The fraction of sp³-hybridized carbons (Fsp3) is 0.929. The number of nitrogens with one attached hydrogen (secondary N) is 2. The molecule has 2 atom stereocenters. The van der Waals surface area contributed by atoms with E-state index in [1.54, 1.807) is 0 Å². The van der Waals surface area contributed by atoms with Crippen LogP contribution in [0, 0.1) is 5.92 Å². The monoisotopic (exact) mass is 272 g/mol. The minimum Gasteiger partial charge on any atom is -0.352 e. The summed E-state index contributed by atoms with van der Waals surface area (Å²) in [6, 6.07) is 0.219. The third-order valence-electron chi connectivity index (χ3n) is 3.56. The van der Waals surface area contributed by atoms with Gasteiger partial charge in [-0.3, -0.25) is 4.79 Å². The van der Waals surface area contributed by atoms with E-state index in [-0.39, 0.29) is 18.0 Å². The zero-order valence-corrected chi connectivity index (χ0v) is 12.8. The van der Waals surface area contributed by atoms with Gasteiger partial charge in [0.15, 0.2) is 0 Å². The lowest BCUT2D eigenvalue weighted by molar-refractivity contribution is -0.123. The van der Waals surface area contributed by atoms with Crippen LogP contribution in [0.1, 0.15) is 46.5 Å². The third-order valence-corrected chi connectivity index (χ3v) is 4.61. The maximum atomic E-state index is 11.9. The first-order chi connectivity index (χ1) is 8.63. The Bertz CT molecular complexity index is 242. The van der Waals surface area contributed by atoms with E-state index in [9.17, 15) is 4.79 Å². The molecule has 1 aliphatic heterocycles. The fourth-order valence-corrected chi connectivity index (χ4v) is 3.46. The molecular formula is C14H28N2OS. The van der Waals surface area contributed by atoms with E-state index in [0.717, 1.165) is 25.3 Å². The molecular weight excluding hydrogens is 244 g/mol. The molecule has 0 aromatic heterocycles. The lowest BCUT2D eigenvalue weighted by Gasteiger charge is -2.24. The van der Waals surface area contributed by atoms with Crippen molar-refractivity contribution >= 4 is 17.7 Å². The summed E-state index contributed by atoms with van der Waals surface area (Å²) in [7, 11) is 0. The van der Waals surface area contributed by atoms with Gasteiger partial charge in [0.05, 0.1) is 6.04 Å². The highest BCUT2D eigenvalue weighted by atomic mass is 32.2. The highest BCUT2D eigenvalue weighted by Crippen LogP contribution is 2.21. The molecule has 4 heteroatoms. The molecule has 106 valence electrons. The maximum absolute atomic E-state index is 11.9. The van der Waals surface area contributed by atoms with Crippen LogP contribution in [-0.4, -0.2) is 36.0 Å². The van der Waals surface area contributed by atoms with Crippen molar-refractivity contribution in [3.05, 3.63) is 0 Å². The van der Waals surface area contributed by atoms with Crippen LogP contribution < -0.4 is 10.6 Å². The van der Waals surface area contributed by atoms with Gasteiger partial charge in [0.1, 0.15) is 0 Å². The Morgan fingerprint density at radius 2 is 2.00 bits per heavy atom.